The average molecular weight is 356 g/mol. The predicted molar refractivity (Wildman–Crippen MR) is 86.5 cm³/mol. The van der Waals surface area contributed by atoms with E-state index < -0.39 is 17.2 Å². The Bertz CT molecular complexity index is 373. The molecular formula is C15H27F3N2O2S. The summed E-state index contributed by atoms with van der Waals surface area (Å²) in [5.41, 5.74) is -4.71. The van der Waals surface area contributed by atoms with Gasteiger partial charge in [-0.2, -0.15) is 13.2 Å². The summed E-state index contributed by atoms with van der Waals surface area (Å²) in [6.45, 7) is 6.21. The molecular weight excluding hydrogens is 329 g/mol. The molecule has 0 aromatic heterocycles. The maximum absolute atomic E-state index is 12.1. The summed E-state index contributed by atoms with van der Waals surface area (Å²) in [7, 11) is 0. The van der Waals surface area contributed by atoms with Crippen LogP contribution in [0.15, 0.2) is 0 Å². The third-order valence-corrected chi connectivity index (χ3v) is 4.33. The van der Waals surface area contributed by atoms with E-state index >= 15 is 0 Å². The van der Waals surface area contributed by atoms with E-state index in [4.69, 9.17) is 4.74 Å². The highest BCUT2D eigenvalue weighted by Gasteiger charge is 2.29. The Balaban J connectivity index is 2.32. The number of halogens is 3. The molecule has 2 N–H and O–H groups in total. The van der Waals surface area contributed by atoms with E-state index in [2.05, 4.69) is 10.6 Å². The second-order valence-electron chi connectivity index (χ2n) is 6.78. The maximum atomic E-state index is 12.1. The molecule has 2 unspecified atom stereocenters. The van der Waals surface area contributed by atoms with E-state index in [-0.39, 0.29) is 29.5 Å². The first-order chi connectivity index (χ1) is 10.6. The van der Waals surface area contributed by atoms with E-state index in [0.29, 0.717) is 13.1 Å². The van der Waals surface area contributed by atoms with E-state index in [1.165, 1.54) is 0 Å². The predicted octanol–water partition coefficient (Wildman–Crippen LogP) is 3.91. The molecule has 1 aliphatic carbocycles. The van der Waals surface area contributed by atoms with E-state index in [9.17, 15) is 18.0 Å². The van der Waals surface area contributed by atoms with Gasteiger partial charge in [0.25, 0.3) is 0 Å². The molecule has 0 aromatic rings. The molecule has 0 bridgehead atoms. The van der Waals surface area contributed by atoms with Gasteiger partial charge >= 0.3 is 11.6 Å². The SMILES string of the molecule is CC(C)(C)OC(=O)NCC1CCCCC1NCCSC(F)(F)F. The van der Waals surface area contributed by atoms with Gasteiger partial charge < -0.3 is 15.4 Å². The number of amides is 1. The van der Waals surface area contributed by atoms with Gasteiger partial charge in [-0.15, -0.1) is 0 Å². The van der Waals surface area contributed by atoms with Gasteiger partial charge in [0.15, 0.2) is 0 Å². The van der Waals surface area contributed by atoms with Crippen molar-refractivity contribution >= 4 is 17.9 Å². The Morgan fingerprint density at radius 1 is 1.22 bits per heavy atom. The summed E-state index contributed by atoms with van der Waals surface area (Å²) in [5.74, 6) is 0.235. The van der Waals surface area contributed by atoms with Crippen LogP contribution in [0.2, 0.25) is 0 Å². The van der Waals surface area contributed by atoms with Crippen LogP contribution in [0.5, 0.6) is 0 Å². The molecule has 0 heterocycles. The first-order valence-electron chi connectivity index (χ1n) is 7.98. The molecule has 0 spiro atoms. The Kier molecular flexibility index (Phi) is 8.00. The lowest BCUT2D eigenvalue weighted by atomic mass is 9.84. The number of alkyl carbamates (subject to hydrolysis) is 1. The van der Waals surface area contributed by atoms with Crippen LogP contribution in [0.4, 0.5) is 18.0 Å². The summed E-state index contributed by atoms with van der Waals surface area (Å²) in [4.78, 5) is 11.7. The number of carbonyl (C=O) groups is 1. The van der Waals surface area contributed by atoms with Crippen molar-refractivity contribution in [2.45, 2.75) is 63.6 Å². The summed E-state index contributed by atoms with van der Waals surface area (Å²) < 4.78 is 41.6. The fourth-order valence-electron chi connectivity index (χ4n) is 2.66. The highest BCUT2D eigenvalue weighted by atomic mass is 32.2. The molecule has 8 heteroatoms. The van der Waals surface area contributed by atoms with Crippen LogP contribution in [-0.4, -0.2) is 42.1 Å². The molecule has 0 radical (unpaired) electrons. The molecule has 1 saturated carbocycles. The molecule has 0 aromatic carbocycles. The van der Waals surface area contributed by atoms with Gasteiger partial charge in [-0.25, -0.2) is 4.79 Å². The number of rotatable bonds is 6. The molecule has 4 nitrogen and oxygen atoms in total. The van der Waals surface area contributed by atoms with Crippen LogP contribution in [0.1, 0.15) is 46.5 Å². The number of ether oxygens (including phenoxy) is 1. The second-order valence-corrected chi connectivity index (χ2v) is 7.94. The van der Waals surface area contributed by atoms with Gasteiger partial charge in [-0.3, -0.25) is 0 Å². The lowest BCUT2D eigenvalue weighted by molar-refractivity contribution is -0.0328. The highest BCUT2D eigenvalue weighted by Crippen LogP contribution is 2.30. The van der Waals surface area contributed by atoms with Gasteiger partial charge in [0, 0.05) is 24.9 Å². The number of hydrogen-bond donors (Lipinski definition) is 2. The monoisotopic (exact) mass is 356 g/mol. The van der Waals surface area contributed by atoms with Gasteiger partial charge in [-0.05, 0) is 51.3 Å². The van der Waals surface area contributed by atoms with Crippen LogP contribution < -0.4 is 10.6 Å². The van der Waals surface area contributed by atoms with Crippen LogP contribution in [0.25, 0.3) is 0 Å². The topological polar surface area (TPSA) is 50.4 Å². The summed E-state index contributed by atoms with van der Waals surface area (Å²) >= 11 is -0.00426. The highest BCUT2D eigenvalue weighted by molar-refractivity contribution is 8.00. The number of carbonyl (C=O) groups excluding carboxylic acids is 1. The van der Waals surface area contributed by atoms with Crippen molar-refractivity contribution in [2.24, 2.45) is 5.92 Å². The standard InChI is InChI=1S/C15H27F3N2O2S/c1-14(2,3)22-13(21)20-10-11-6-4-5-7-12(11)19-8-9-23-15(16,17)18/h11-12,19H,4-10H2,1-3H3,(H,20,21). The zero-order valence-corrected chi connectivity index (χ0v) is 14.8. The van der Waals surface area contributed by atoms with Crippen molar-refractivity contribution in [3.8, 4) is 0 Å². The summed E-state index contributed by atoms with van der Waals surface area (Å²) in [5, 5.41) is 5.97. The van der Waals surface area contributed by atoms with Crippen LogP contribution in [0, 0.1) is 5.92 Å². The minimum absolute atomic E-state index is 0.00426. The molecule has 1 aliphatic rings. The van der Waals surface area contributed by atoms with Crippen LogP contribution >= 0.6 is 11.8 Å². The third-order valence-electron chi connectivity index (χ3n) is 3.59. The van der Waals surface area contributed by atoms with E-state index in [1.54, 1.807) is 20.8 Å². The minimum atomic E-state index is -4.17. The Morgan fingerprint density at radius 2 is 1.87 bits per heavy atom. The summed E-state index contributed by atoms with van der Waals surface area (Å²) in [6.07, 6.45) is 3.58. The Hall–Kier alpha value is -0.630. The van der Waals surface area contributed by atoms with Crippen molar-refractivity contribution < 1.29 is 22.7 Å². The smallest absolute Gasteiger partial charge is 0.441 e. The number of nitrogens with one attached hydrogen (secondary N) is 2. The Morgan fingerprint density at radius 3 is 2.48 bits per heavy atom. The van der Waals surface area contributed by atoms with Gasteiger partial charge in [0.05, 0.1) is 0 Å². The molecule has 136 valence electrons. The molecule has 1 rings (SSSR count). The normalized spacial score (nSPS) is 22.7. The quantitative estimate of drug-likeness (QED) is 0.709. The zero-order valence-electron chi connectivity index (χ0n) is 14.0. The molecule has 0 aliphatic heterocycles. The van der Waals surface area contributed by atoms with Crippen LogP contribution in [0.3, 0.4) is 0 Å². The first kappa shape index (κ1) is 20.4. The fourth-order valence-corrected chi connectivity index (χ4v) is 3.11. The van der Waals surface area contributed by atoms with Gasteiger partial charge in [0.1, 0.15) is 5.60 Å². The van der Waals surface area contributed by atoms with Crippen molar-refractivity contribution in [1.29, 1.82) is 0 Å². The maximum Gasteiger partial charge on any atom is 0.441 e. The van der Waals surface area contributed by atoms with Gasteiger partial charge in [0.2, 0.25) is 0 Å². The zero-order chi connectivity index (χ0) is 17.5. The lowest BCUT2D eigenvalue weighted by Gasteiger charge is -2.32. The van der Waals surface area contributed by atoms with E-state index in [1.807, 2.05) is 0 Å². The average Bonchev–Trinajstić information content (AvgIpc) is 2.39. The number of hydrogen-bond acceptors (Lipinski definition) is 4. The molecule has 0 saturated heterocycles. The fraction of sp³-hybridized carbons (Fsp3) is 0.933. The van der Waals surface area contributed by atoms with Gasteiger partial charge in [-0.1, -0.05) is 12.8 Å². The molecule has 1 fully saturated rings. The van der Waals surface area contributed by atoms with E-state index in [0.717, 1.165) is 25.7 Å². The van der Waals surface area contributed by atoms with Crippen molar-refractivity contribution in [1.82, 2.24) is 10.6 Å². The third kappa shape index (κ3) is 9.96. The molecule has 23 heavy (non-hydrogen) atoms. The number of alkyl halides is 3. The Labute approximate surface area is 140 Å². The summed E-state index contributed by atoms with van der Waals surface area (Å²) in [6, 6.07) is 0.146. The van der Waals surface area contributed by atoms with Crippen molar-refractivity contribution in [2.75, 3.05) is 18.8 Å². The van der Waals surface area contributed by atoms with Crippen LogP contribution in [-0.2, 0) is 4.74 Å². The lowest BCUT2D eigenvalue weighted by Crippen LogP contribution is -2.45. The molecule has 2 atom stereocenters. The largest absolute Gasteiger partial charge is 0.444 e. The van der Waals surface area contributed by atoms with Crippen molar-refractivity contribution in [3.63, 3.8) is 0 Å². The van der Waals surface area contributed by atoms with Crippen molar-refractivity contribution in [3.05, 3.63) is 0 Å². The number of thioether (sulfide) groups is 1. The molecule has 1 amide bonds. The first-order valence-corrected chi connectivity index (χ1v) is 8.96. The second kappa shape index (κ2) is 9.01. The minimum Gasteiger partial charge on any atom is -0.444 e.